The fourth-order valence-corrected chi connectivity index (χ4v) is 21.8. The predicted octanol–water partition coefficient (Wildman–Crippen LogP) is 31.9. The lowest BCUT2D eigenvalue weighted by molar-refractivity contribution is 0.670. The zero-order chi connectivity index (χ0) is 80.4. The van der Waals surface area contributed by atoms with Gasteiger partial charge in [0.05, 0.1) is 45.0 Å². The van der Waals surface area contributed by atoms with Crippen molar-refractivity contribution in [3.63, 3.8) is 0 Å². The molecule has 4 heterocycles. The number of nitrogens with zero attached hydrogens (tertiary/aromatic N) is 4. The molecule has 0 amide bonds. The Morgan fingerprint density at radius 1 is 0.221 bits per heavy atom. The van der Waals surface area contributed by atoms with Gasteiger partial charge in [0, 0.05) is 81.8 Å². The standard InChI is InChI=1S/C61H40N2O.C55H36N2S/c1-3-18-41(19-4-1)42-36-38-45(39-37-42)62(46-23-15-20-43(40-46)47-26-16-27-49-48-24-8-14-35-58(48)64-60(47)49)57-34-17-31-54-59(57)50-25-7-9-28-51(50)61(54)52-29-10-12-32-55(52)63(44-21-5-2-6-22-44)56-33-13-11-30-53(56)61;1-3-16-37(17-4-1)38-30-32-40(33-31-38)56(41-34-35-53-44(36-41)42-20-8-14-29-52(42)58-53)51-28-15-25-48-54(51)43-21-7-9-22-45(43)55(48)46-23-10-12-26-49(46)57(39-18-5-2-6-19-39)50-27-13-11-24-47(50)55/h1-40H;1-36H. The van der Waals surface area contributed by atoms with E-state index >= 15 is 0 Å². The summed E-state index contributed by atoms with van der Waals surface area (Å²) in [6.45, 7) is 0. The Bertz CT molecular complexity index is 7570. The van der Waals surface area contributed by atoms with E-state index in [9.17, 15) is 0 Å². The summed E-state index contributed by atoms with van der Waals surface area (Å²) in [5.74, 6) is 0. The van der Waals surface area contributed by atoms with Crippen molar-refractivity contribution in [3.05, 3.63) is 506 Å². The molecule has 2 aliphatic heterocycles. The van der Waals surface area contributed by atoms with Gasteiger partial charge < -0.3 is 24.0 Å². The first kappa shape index (κ1) is 70.6. The van der Waals surface area contributed by atoms with E-state index in [0.29, 0.717) is 0 Å². The van der Waals surface area contributed by atoms with Crippen LogP contribution >= 0.6 is 11.3 Å². The first-order valence-corrected chi connectivity index (χ1v) is 42.8. The highest BCUT2D eigenvalue weighted by molar-refractivity contribution is 7.25. The Morgan fingerprint density at radius 3 is 1.08 bits per heavy atom. The number of anilines is 12. The highest BCUT2D eigenvalue weighted by Crippen LogP contribution is 2.68. The summed E-state index contributed by atoms with van der Waals surface area (Å²) in [6.07, 6.45) is 0. The lowest BCUT2D eigenvalue weighted by Gasteiger charge is -2.45. The van der Waals surface area contributed by atoms with Crippen LogP contribution in [-0.2, 0) is 10.8 Å². The van der Waals surface area contributed by atoms with Gasteiger partial charge >= 0.3 is 0 Å². The van der Waals surface area contributed by atoms with Crippen LogP contribution in [0.5, 0.6) is 0 Å². The van der Waals surface area contributed by atoms with Gasteiger partial charge in [-0.3, -0.25) is 0 Å². The molecule has 0 fully saturated rings. The second-order valence-corrected chi connectivity index (χ2v) is 33.1. The minimum absolute atomic E-state index is 0.545. The molecule has 4 aliphatic rings. The van der Waals surface area contributed by atoms with E-state index in [4.69, 9.17) is 4.42 Å². The Morgan fingerprint density at radius 2 is 0.574 bits per heavy atom. The van der Waals surface area contributed by atoms with Crippen LogP contribution in [0.3, 0.4) is 0 Å². The molecule has 2 aliphatic carbocycles. The van der Waals surface area contributed by atoms with Crippen LogP contribution in [-0.4, -0.2) is 0 Å². The second-order valence-electron chi connectivity index (χ2n) is 32.0. The molecule has 0 N–H and O–H groups in total. The molecular weight excluding hydrogens is 1500 g/mol. The largest absolute Gasteiger partial charge is 0.455 e. The van der Waals surface area contributed by atoms with Crippen LogP contribution in [0.1, 0.15) is 44.5 Å². The lowest BCUT2D eigenvalue weighted by atomic mass is 9.64. The van der Waals surface area contributed by atoms with Crippen molar-refractivity contribution >= 4 is 122 Å². The predicted molar refractivity (Wildman–Crippen MR) is 510 cm³/mol. The number of thiophene rings is 1. The van der Waals surface area contributed by atoms with Gasteiger partial charge in [0.15, 0.2) is 0 Å². The molecule has 0 saturated carbocycles. The molecule has 572 valence electrons. The van der Waals surface area contributed by atoms with Crippen molar-refractivity contribution in [2.24, 2.45) is 0 Å². The Kier molecular flexibility index (Phi) is 16.6. The van der Waals surface area contributed by atoms with E-state index in [-0.39, 0.29) is 0 Å². The van der Waals surface area contributed by atoms with Crippen molar-refractivity contribution in [2.75, 3.05) is 19.6 Å². The van der Waals surface area contributed by atoms with Crippen molar-refractivity contribution < 1.29 is 4.42 Å². The second kappa shape index (κ2) is 28.6. The third-order valence-corrected chi connectivity index (χ3v) is 26.9. The van der Waals surface area contributed by atoms with E-state index in [1.165, 1.54) is 132 Å². The maximum absolute atomic E-state index is 6.60. The smallest absolute Gasteiger partial charge is 0.143 e. The van der Waals surface area contributed by atoms with Gasteiger partial charge in [0.25, 0.3) is 0 Å². The quantitative estimate of drug-likeness (QED) is 0.129. The van der Waals surface area contributed by atoms with Gasteiger partial charge in [-0.2, -0.15) is 0 Å². The van der Waals surface area contributed by atoms with E-state index in [1.54, 1.807) is 0 Å². The molecule has 0 atom stereocenters. The summed E-state index contributed by atoms with van der Waals surface area (Å²) in [4.78, 5) is 9.84. The first-order chi connectivity index (χ1) is 60.6. The monoisotopic (exact) mass is 1570 g/mol. The Labute approximate surface area is 712 Å². The molecule has 5 nitrogen and oxygen atoms in total. The molecule has 0 unspecified atom stereocenters. The molecule has 0 bridgehead atoms. The SMILES string of the molecule is c1ccc(-c2ccc(N(c3ccc4sc5ccccc5c4c3)c3cccc4c3-c3ccccc3C43c4ccccc4N(c4ccccc4)c4ccccc43)cc2)cc1.c1ccc(-c2ccc(N(c3cccc(-c4cccc5c4oc4ccccc45)c3)c3cccc4c3-c3ccccc3C43c4ccccc4N(c4ccccc4)c4ccccc43)cc2)cc1. The van der Waals surface area contributed by atoms with Crippen LogP contribution in [0, 0.1) is 0 Å². The fourth-order valence-electron chi connectivity index (χ4n) is 20.7. The highest BCUT2D eigenvalue weighted by atomic mass is 32.1. The van der Waals surface area contributed by atoms with Crippen molar-refractivity contribution in [2.45, 2.75) is 10.8 Å². The normalized spacial score (nSPS) is 13.2. The molecule has 0 radical (unpaired) electrons. The number of hydrogen-bond acceptors (Lipinski definition) is 6. The maximum atomic E-state index is 6.60. The molecular formula is C116H76N4OS. The molecule has 2 spiro atoms. The van der Waals surface area contributed by atoms with E-state index in [0.717, 1.165) is 78.6 Å². The van der Waals surface area contributed by atoms with Gasteiger partial charge in [-0.25, -0.2) is 0 Å². The average Bonchev–Trinajstić information content (AvgIpc) is 1.48. The summed E-state index contributed by atoms with van der Waals surface area (Å²) >= 11 is 1.86. The third-order valence-electron chi connectivity index (χ3n) is 25.7. The summed E-state index contributed by atoms with van der Waals surface area (Å²) < 4.78 is 9.21. The van der Waals surface area contributed by atoms with Gasteiger partial charge in [-0.05, 0) is 211 Å². The number of fused-ring (bicyclic) bond motifs is 24. The molecule has 21 aromatic rings. The van der Waals surface area contributed by atoms with Crippen molar-refractivity contribution in [1.29, 1.82) is 0 Å². The van der Waals surface area contributed by atoms with Gasteiger partial charge in [0.1, 0.15) is 11.2 Å². The van der Waals surface area contributed by atoms with Crippen LogP contribution in [0.4, 0.5) is 68.2 Å². The van der Waals surface area contributed by atoms with E-state index in [1.807, 2.05) is 17.4 Å². The van der Waals surface area contributed by atoms with Crippen LogP contribution in [0.15, 0.2) is 465 Å². The van der Waals surface area contributed by atoms with Gasteiger partial charge in [-0.15, -0.1) is 11.3 Å². The highest BCUT2D eigenvalue weighted by Gasteiger charge is 2.55. The Hall–Kier alpha value is -15.6. The average molecular weight is 1570 g/mol. The third kappa shape index (κ3) is 10.8. The molecule has 25 rings (SSSR count). The van der Waals surface area contributed by atoms with Gasteiger partial charge in [0.2, 0.25) is 0 Å². The minimum Gasteiger partial charge on any atom is -0.455 e. The minimum atomic E-state index is -0.581. The van der Waals surface area contributed by atoms with Crippen molar-refractivity contribution in [1.82, 2.24) is 0 Å². The van der Waals surface area contributed by atoms with Gasteiger partial charge in [-0.1, -0.05) is 334 Å². The zero-order valence-corrected chi connectivity index (χ0v) is 67.3. The van der Waals surface area contributed by atoms with Crippen molar-refractivity contribution in [3.8, 4) is 55.6 Å². The van der Waals surface area contributed by atoms with Crippen LogP contribution in [0.2, 0.25) is 0 Å². The summed E-state index contributed by atoms with van der Waals surface area (Å²) in [6, 6.07) is 169. The molecule has 122 heavy (non-hydrogen) atoms. The summed E-state index contributed by atoms with van der Waals surface area (Å²) in [7, 11) is 0. The molecule has 0 saturated heterocycles. The lowest BCUT2D eigenvalue weighted by Crippen LogP contribution is -2.36. The molecule has 2 aromatic heterocycles. The number of hydrogen-bond donors (Lipinski definition) is 0. The molecule has 19 aromatic carbocycles. The summed E-state index contributed by atoms with van der Waals surface area (Å²) in [5, 5.41) is 4.82. The zero-order valence-electron chi connectivity index (χ0n) is 66.5. The topological polar surface area (TPSA) is 26.1 Å². The maximum Gasteiger partial charge on any atom is 0.143 e. The molecule has 6 heteroatoms. The summed E-state index contributed by atoms with van der Waals surface area (Å²) in [5.41, 5.74) is 36.6. The number of rotatable bonds is 11. The number of benzene rings is 19. The number of furan rings is 1. The fraction of sp³-hybridized carbons (Fsp3) is 0.0172. The van der Waals surface area contributed by atoms with E-state index < -0.39 is 10.8 Å². The van der Waals surface area contributed by atoms with E-state index in [2.05, 4.69) is 475 Å². The van der Waals surface area contributed by atoms with Crippen LogP contribution in [0.25, 0.3) is 97.7 Å². The van der Waals surface area contributed by atoms with Crippen LogP contribution < -0.4 is 19.6 Å². The Balaban J connectivity index is 0.000000139. The first-order valence-electron chi connectivity index (χ1n) is 41.9. The number of para-hydroxylation sites is 8.